The minimum Gasteiger partial charge on any atom is -0.295 e. The second kappa shape index (κ2) is 1.96. The summed E-state index contributed by atoms with van der Waals surface area (Å²) in [5.41, 5.74) is 0. The average molecular weight is 111 g/mol. The van der Waals surface area contributed by atoms with Gasteiger partial charge in [-0.3, -0.25) is 10.4 Å². The van der Waals surface area contributed by atoms with E-state index in [1.54, 1.807) is 0 Å². The van der Waals surface area contributed by atoms with Crippen molar-refractivity contribution >= 4 is 5.84 Å². The van der Waals surface area contributed by atoms with Gasteiger partial charge < -0.3 is 0 Å². The van der Waals surface area contributed by atoms with Crippen molar-refractivity contribution in [2.45, 2.75) is 6.42 Å². The van der Waals surface area contributed by atoms with Gasteiger partial charge in [0.2, 0.25) is 0 Å². The monoisotopic (exact) mass is 111 g/mol. The van der Waals surface area contributed by atoms with Gasteiger partial charge in [0.15, 0.2) is 0 Å². The molecule has 1 aliphatic heterocycles. The SMILES string of the molecule is N=C1CC=CCN1N. The van der Waals surface area contributed by atoms with Crippen molar-refractivity contribution < 1.29 is 0 Å². The van der Waals surface area contributed by atoms with Gasteiger partial charge >= 0.3 is 0 Å². The third-order valence-electron chi connectivity index (χ3n) is 1.13. The Kier molecular flexibility index (Phi) is 1.30. The summed E-state index contributed by atoms with van der Waals surface area (Å²) >= 11 is 0. The predicted octanol–water partition coefficient (Wildman–Crippen LogP) is 0.0993. The van der Waals surface area contributed by atoms with Crippen LogP contribution < -0.4 is 5.84 Å². The first-order chi connectivity index (χ1) is 3.80. The maximum atomic E-state index is 7.14. The topological polar surface area (TPSA) is 53.1 Å². The fraction of sp³-hybridized carbons (Fsp3) is 0.400. The van der Waals surface area contributed by atoms with E-state index in [1.165, 1.54) is 5.01 Å². The minimum atomic E-state index is 0.493. The highest BCUT2D eigenvalue weighted by Gasteiger charge is 2.03. The Morgan fingerprint density at radius 1 is 1.62 bits per heavy atom. The molecule has 3 nitrogen and oxygen atoms in total. The lowest BCUT2D eigenvalue weighted by Crippen LogP contribution is -2.38. The van der Waals surface area contributed by atoms with Crippen LogP contribution in [-0.2, 0) is 0 Å². The summed E-state index contributed by atoms with van der Waals surface area (Å²) < 4.78 is 0. The molecular weight excluding hydrogens is 102 g/mol. The zero-order chi connectivity index (χ0) is 5.98. The molecule has 0 saturated carbocycles. The molecule has 3 heteroatoms. The molecule has 0 aromatic rings. The molecule has 1 rings (SSSR count). The Morgan fingerprint density at radius 2 is 2.38 bits per heavy atom. The van der Waals surface area contributed by atoms with Crippen LogP contribution in [0.1, 0.15) is 6.42 Å². The van der Waals surface area contributed by atoms with Gasteiger partial charge in [0.25, 0.3) is 0 Å². The quantitative estimate of drug-likeness (QED) is 0.344. The van der Waals surface area contributed by atoms with E-state index in [1.807, 2.05) is 12.2 Å². The summed E-state index contributed by atoms with van der Waals surface area (Å²) in [6.07, 6.45) is 4.58. The largest absolute Gasteiger partial charge is 0.295 e. The Bertz CT molecular complexity index is 128. The number of amidine groups is 1. The molecule has 1 aliphatic rings. The normalized spacial score (nSPS) is 19.6. The highest BCUT2D eigenvalue weighted by atomic mass is 15.4. The first-order valence-electron chi connectivity index (χ1n) is 2.55. The molecule has 0 aliphatic carbocycles. The summed E-state index contributed by atoms with van der Waals surface area (Å²) in [5.74, 6) is 5.83. The molecule has 0 saturated heterocycles. The molecule has 8 heavy (non-hydrogen) atoms. The molecule has 0 radical (unpaired) electrons. The van der Waals surface area contributed by atoms with Gasteiger partial charge in [-0.25, -0.2) is 5.84 Å². The first kappa shape index (κ1) is 5.31. The third kappa shape index (κ3) is 0.869. The highest BCUT2D eigenvalue weighted by Crippen LogP contribution is 1.96. The second-order valence-electron chi connectivity index (χ2n) is 1.77. The van der Waals surface area contributed by atoms with Crippen molar-refractivity contribution in [2.24, 2.45) is 5.84 Å². The van der Waals surface area contributed by atoms with E-state index in [9.17, 15) is 0 Å². The van der Waals surface area contributed by atoms with Crippen LogP contribution in [0, 0.1) is 5.41 Å². The Morgan fingerprint density at radius 3 is 2.75 bits per heavy atom. The van der Waals surface area contributed by atoms with E-state index in [2.05, 4.69) is 0 Å². The van der Waals surface area contributed by atoms with E-state index < -0.39 is 0 Å². The predicted molar refractivity (Wildman–Crippen MR) is 32.4 cm³/mol. The van der Waals surface area contributed by atoms with Crippen molar-refractivity contribution in [1.82, 2.24) is 5.01 Å². The maximum Gasteiger partial charge on any atom is 0.114 e. The fourth-order valence-electron chi connectivity index (χ4n) is 0.611. The lowest BCUT2D eigenvalue weighted by atomic mass is 10.3. The zero-order valence-corrected chi connectivity index (χ0v) is 4.59. The van der Waals surface area contributed by atoms with Gasteiger partial charge in [0.1, 0.15) is 5.84 Å². The number of hydrogen-bond acceptors (Lipinski definition) is 2. The van der Waals surface area contributed by atoms with Crippen LogP contribution in [0.4, 0.5) is 0 Å². The molecule has 3 N–H and O–H groups in total. The van der Waals surface area contributed by atoms with Crippen LogP contribution >= 0.6 is 0 Å². The van der Waals surface area contributed by atoms with Gasteiger partial charge in [-0.2, -0.15) is 0 Å². The summed E-state index contributed by atoms with van der Waals surface area (Å²) in [6, 6.07) is 0. The van der Waals surface area contributed by atoms with Crippen LogP contribution in [0.5, 0.6) is 0 Å². The molecule has 44 valence electrons. The van der Waals surface area contributed by atoms with E-state index >= 15 is 0 Å². The number of nitrogens with one attached hydrogen (secondary N) is 1. The summed E-state index contributed by atoms with van der Waals surface area (Å²) in [4.78, 5) is 0. The molecular formula is C5H9N3. The molecule has 0 spiro atoms. The van der Waals surface area contributed by atoms with Crippen molar-refractivity contribution in [3.63, 3.8) is 0 Å². The van der Waals surface area contributed by atoms with Crippen molar-refractivity contribution in [3.05, 3.63) is 12.2 Å². The molecule has 1 heterocycles. The van der Waals surface area contributed by atoms with Crippen LogP contribution in [0.25, 0.3) is 0 Å². The summed E-state index contributed by atoms with van der Waals surface area (Å²) in [6.45, 7) is 0.679. The molecule has 0 aromatic carbocycles. The Hall–Kier alpha value is -0.830. The summed E-state index contributed by atoms with van der Waals surface area (Å²) in [7, 11) is 0. The second-order valence-corrected chi connectivity index (χ2v) is 1.77. The standard InChI is InChI=1S/C5H9N3/c6-5-3-1-2-4-8(5)7/h1-2,6H,3-4,7H2. The molecule has 0 bridgehead atoms. The number of nitrogens with two attached hydrogens (primary N) is 1. The fourth-order valence-corrected chi connectivity index (χ4v) is 0.611. The van der Waals surface area contributed by atoms with E-state index in [4.69, 9.17) is 11.3 Å². The minimum absolute atomic E-state index is 0.493. The lowest BCUT2D eigenvalue weighted by Gasteiger charge is -2.19. The molecule has 0 atom stereocenters. The van der Waals surface area contributed by atoms with E-state index in [-0.39, 0.29) is 0 Å². The number of nitrogens with zero attached hydrogens (tertiary/aromatic N) is 1. The zero-order valence-electron chi connectivity index (χ0n) is 4.59. The molecule has 0 unspecified atom stereocenters. The average Bonchev–Trinajstić information content (AvgIpc) is 1.77. The number of hydrogen-bond donors (Lipinski definition) is 2. The van der Waals surface area contributed by atoms with Gasteiger partial charge in [-0.1, -0.05) is 12.2 Å². The summed E-state index contributed by atoms with van der Waals surface area (Å²) in [5, 5.41) is 8.57. The van der Waals surface area contributed by atoms with Crippen molar-refractivity contribution in [1.29, 1.82) is 5.41 Å². The molecule has 0 fully saturated rings. The van der Waals surface area contributed by atoms with Crippen LogP contribution in [-0.4, -0.2) is 17.4 Å². The molecule has 0 amide bonds. The van der Waals surface area contributed by atoms with Gasteiger partial charge in [-0.05, 0) is 0 Å². The van der Waals surface area contributed by atoms with Crippen molar-refractivity contribution in [3.8, 4) is 0 Å². The van der Waals surface area contributed by atoms with Gasteiger partial charge in [0.05, 0.1) is 6.54 Å². The molecule has 0 aromatic heterocycles. The van der Waals surface area contributed by atoms with E-state index in [0.29, 0.717) is 18.8 Å². The Labute approximate surface area is 48.3 Å². The number of rotatable bonds is 0. The number of hydrazine groups is 1. The van der Waals surface area contributed by atoms with Crippen LogP contribution in [0.2, 0.25) is 0 Å². The van der Waals surface area contributed by atoms with Gasteiger partial charge in [0, 0.05) is 6.42 Å². The maximum absolute atomic E-state index is 7.14. The lowest BCUT2D eigenvalue weighted by molar-refractivity contribution is 0.470. The first-order valence-corrected chi connectivity index (χ1v) is 2.55. The highest BCUT2D eigenvalue weighted by molar-refractivity contribution is 5.80. The third-order valence-corrected chi connectivity index (χ3v) is 1.13. The van der Waals surface area contributed by atoms with Crippen LogP contribution in [0.3, 0.4) is 0 Å². The smallest absolute Gasteiger partial charge is 0.114 e. The van der Waals surface area contributed by atoms with E-state index in [0.717, 1.165) is 0 Å². The van der Waals surface area contributed by atoms with Crippen molar-refractivity contribution in [2.75, 3.05) is 6.54 Å². The van der Waals surface area contributed by atoms with Crippen LogP contribution in [0.15, 0.2) is 12.2 Å². The Balaban J connectivity index is 2.57. The van der Waals surface area contributed by atoms with Gasteiger partial charge in [-0.15, -0.1) is 0 Å².